The summed E-state index contributed by atoms with van der Waals surface area (Å²) in [7, 11) is 0. The van der Waals surface area contributed by atoms with E-state index in [1.165, 1.54) is 6.92 Å². The Balaban J connectivity index is 1.90. The normalized spacial score (nSPS) is 18.2. The number of piperazine rings is 1. The van der Waals surface area contributed by atoms with E-state index < -0.39 is 6.04 Å². The molecule has 2 amide bonds. The zero-order valence-electron chi connectivity index (χ0n) is 11.2. The molecule has 6 heteroatoms. The lowest BCUT2D eigenvalue weighted by Gasteiger charge is -2.22. The average molecular weight is 275 g/mol. The lowest BCUT2D eigenvalue weighted by molar-refractivity contribution is -0.127. The Morgan fingerprint density at radius 2 is 1.95 bits per heavy atom. The van der Waals surface area contributed by atoms with Gasteiger partial charge in [0.15, 0.2) is 5.78 Å². The van der Waals surface area contributed by atoms with Gasteiger partial charge >= 0.3 is 0 Å². The lowest BCUT2D eigenvalue weighted by atomic mass is 10.1. The number of carbonyl (C=O) groups excluding carboxylic acids is 3. The highest BCUT2D eigenvalue weighted by molar-refractivity contribution is 5.97. The first-order chi connectivity index (χ1) is 9.56. The van der Waals surface area contributed by atoms with Crippen molar-refractivity contribution in [2.45, 2.75) is 19.4 Å². The number of hydrogen-bond donors (Lipinski definition) is 3. The fourth-order valence-corrected chi connectivity index (χ4v) is 2.00. The van der Waals surface area contributed by atoms with Crippen LogP contribution in [0, 0.1) is 0 Å². The molecule has 0 saturated carbocycles. The smallest absolute Gasteiger partial charge is 0.237 e. The Morgan fingerprint density at radius 1 is 1.25 bits per heavy atom. The highest BCUT2D eigenvalue weighted by atomic mass is 16.2. The second-order valence-corrected chi connectivity index (χ2v) is 4.68. The van der Waals surface area contributed by atoms with Gasteiger partial charge in [0.1, 0.15) is 0 Å². The van der Waals surface area contributed by atoms with Gasteiger partial charge in [-0.05, 0) is 31.2 Å². The maximum Gasteiger partial charge on any atom is 0.237 e. The van der Waals surface area contributed by atoms with Crippen molar-refractivity contribution in [1.82, 2.24) is 10.6 Å². The molecule has 1 aliphatic rings. The summed E-state index contributed by atoms with van der Waals surface area (Å²) in [5.41, 5.74) is 1.20. The molecule has 0 aliphatic carbocycles. The van der Waals surface area contributed by atoms with E-state index in [9.17, 15) is 14.4 Å². The number of benzene rings is 1. The van der Waals surface area contributed by atoms with Crippen molar-refractivity contribution in [2.75, 3.05) is 18.4 Å². The number of rotatable bonds is 4. The Hall–Kier alpha value is -2.21. The number of Topliss-reactive ketones (excluding diaryl/α,β-unsaturated/α-hetero) is 1. The highest BCUT2D eigenvalue weighted by Gasteiger charge is 2.23. The Kier molecular flexibility index (Phi) is 4.47. The minimum Gasteiger partial charge on any atom is -0.353 e. The summed E-state index contributed by atoms with van der Waals surface area (Å²) in [5, 5.41) is 8.40. The number of anilines is 1. The molecule has 1 heterocycles. The number of carbonyl (C=O) groups is 3. The van der Waals surface area contributed by atoms with Crippen LogP contribution in [0.1, 0.15) is 23.7 Å². The van der Waals surface area contributed by atoms with Crippen LogP contribution in [0.5, 0.6) is 0 Å². The average Bonchev–Trinajstić information content (AvgIpc) is 2.42. The first kappa shape index (κ1) is 14.2. The van der Waals surface area contributed by atoms with Gasteiger partial charge in [0, 0.05) is 24.3 Å². The molecule has 2 rings (SSSR count). The van der Waals surface area contributed by atoms with Crippen molar-refractivity contribution >= 4 is 23.3 Å². The van der Waals surface area contributed by atoms with E-state index in [1.807, 2.05) is 0 Å². The van der Waals surface area contributed by atoms with E-state index in [4.69, 9.17) is 0 Å². The first-order valence-corrected chi connectivity index (χ1v) is 6.48. The zero-order chi connectivity index (χ0) is 14.5. The molecule has 1 aromatic rings. The quantitative estimate of drug-likeness (QED) is 0.690. The third-order valence-corrected chi connectivity index (χ3v) is 3.10. The topological polar surface area (TPSA) is 87.3 Å². The minimum absolute atomic E-state index is 0.0223. The van der Waals surface area contributed by atoms with Crippen LogP contribution in [0.3, 0.4) is 0 Å². The maximum absolute atomic E-state index is 11.8. The third kappa shape index (κ3) is 3.64. The summed E-state index contributed by atoms with van der Waals surface area (Å²) >= 11 is 0. The molecule has 0 unspecified atom stereocenters. The predicted molar refractivity (Wildman–Crippen MR) is 74.5 cm³/mol. The molecule has 1 atom stereocenters. The molecule has 0 aromatic heterocycles. The third-order valence-electron chi connectivity index (χ3n) is 3.10. The van der Waals surface area contributed by atoms with Crippen molar-refractivity contribution in [1.29, 1.82) is 0 Å². The van der Waals surface area contributed by atoms with Crippen LogP contribution in [0.4, 0.5) is 5.69 Å². The molecular weight excluding hydrogens is 258 g/mol. The van der Waals surface area contributed by atoms with Crippen molar-refractivity contribution in [3.8, 4) is 0 Å². The van der Waals surface area contributed by atoms with Gasteiger partial charge in [-0.2, -0.15) is 0 Å². The van der Waals surface area contributed by atoms with Gasteiger partial charge in [-0.3, -0.25) is 14.4 Å². The summed E-state index contributed by atoms with van der Waals surface area (Å²) in [6.07, 6.45) is 0.0836. The van der Waals surface area contributed by atoms with Gasteiger partial charge in [-0.25, -0.2) is 0 Å². The number of hydrogen-bond acceptors (Lipinski definition) is 4. The van der Waals surface area contributed by atoms with E-state index in [1.54, 1.807) is 24.3 Å². The molecule has 20 heavy (non-hydrogen) atoms. The van der Waals surface area contributed by atoms with Crippen LogP contribution in [0.2, 0.25) is 0 Å². The van der Waals surface area contributed by atoms with Gasteiger partial charge in [-0.1, -0.05) is 0 Å². The van der Waals surface area contributed by atoms with Crippen LogP contribution in [0.25, 0.3) is 0 Å². The first-order valence-electron chi connectivity index (χ1n) is 6.48. The summed E-state index contributed by atoms with van der Waals surface area (Å²) in [6.45, 7) is 2.74. The van der Waals surface area contributed by atoms with E-state index >= 15 is 0 Å². The molecule has 0 spiro atoms. The molecule has 1 fully saturated rings. The van der Waals surface area contributed by atoms with Crippen LogP contribution in [0.15, 0.2) is 24.3 Å². The van der Waals surface area contributed by atoms with Gasteiger partial charge in [0.25, 0.3) is 0 Å². The molecule has 1 aromatic carbocycles. The molecule has 0 bridgehead atoms. The minimum atomic E-state index is -0.486. The SMILES string of the molecule is CC(=O)c1ccc(NC(=O)C[C@H]2NCCNC2=O)cc1. The van der Waals surface area contributed by atoms with Crippen molar-refractivity contribution in [3.05, 3.63) is 29.8 Å². The van der Waals surface area contributed by atoms with Crippen LogP contribution < -0.4 is 16.0 Å². The zero-order valence-corrected chi connectivity index (χ0v) is 11.2. The molecular formula is C14H17N3O3. The van der Waals surface area contributed by atoms with Crippen LogP contribution in [-0.4, -0.2) is 36.7 Å². The predicted octanol–water partition coefficient (Wildman–Crippen LogP) is 0.306. The van der Waals surface area contributed by atoms with Crippen LogP contribution in [-0.2, 0) is 9.59 Å². The van der Waals surface area contributed by atoms with Crippen molar-refractivity contribution in [3.63, 3.8) is 0 Å². The van der Waals surface area contributed by atoms with Gasteiger partial charge in [0.05, 0.1) is 12.5 Å². The molecule has 3 N–H and O–H groups in total. The number of ketones is 1. The fourth-order valence-electron chi connectivity index (χ4n) is 2.00. The lowest BCUT2D eigenvalue weighted by Crippen LogP contribution is -2.53. The monoisotopic (exact) mass is 275 g/mol. The standard InChI is InChI=1S/C14H17N3O3/c1-9(18)10-2-4-11(5-3-10)17-13(19)8-12-14(20)16-7-6-15-12/h2-5,12,15H,6-8H2,1H3,(H,16,20)(H,17,19)/t12-/m1/s1. The summed E-state index contributed by atoms with van der Waals surface area (Å²) in [6, 6.07) is 6.17. The number of nitrogens with one attached hydrogen (secondary N) is 3. The van der Waals surface area contributed by atoms with E-state index in [2.05, 4.69) is 16.0 Å². The maximum atomic E-state index is 11.8. The Morgan fingerprint density at radius 3 is 2.55 bits per heavy atom. The summed E-state index contributed by atoms with van der Waals surface area (Å²) < 4.78 is 0. The summed E-state index contributed by atoms with van der Waals surface area (Å²) in [5.74, 6) is -0.417. The van der Waals surface area contributed by atoms with Gasteiger partial charge in [-0.15, -0.1) is 0 Å². The van der Waals surface area contributed by atoms with E-state index in [-0.39, 0.29) is 24.0 Å². The summed E-state index contributed by atoms with van der Waals surface area (Å²) in [4.78, 5) is 34.5. The van der Waals surface area contributed by atoms with E-state index in [0.29, 0.717) is 24.3 Å². The number of amides is 2. The second kappa shape index (κ2) is 6.29. The van der Waals surface area contributed by atoms with E-state index in [0.717, 1.165) is 0 Å². The Bertz CT molecular complexity index is 525. The fraction of sp³-hybridized carbons (Fsp3) is 0.357. The molecule has 6 nitrogen and oxygen atoms in total. The van der Waals surface area contributed by atoms with Gasteiger partial charge < -0.3 is 16.0 Å². The van der Waals surface area contributed by atoms with Crippen molar-refractivity contribution in [2.24, 2.45) is 0 Å². The highest BCUT2D eigenvalue weighted by Crippen LogP contribution is 2.11. The molecule has 106 valence electrons. The second-order valence-electron chi connectivity index (χ2n) is 4.68. The van der Waals surface area contributed by atoms with Gasteiger partial charge in [0.2, 0.25) is 11.8 Å². The van der Waals surface area contributed by atoms with Crippen LogP contribution >= 0.6 is 0 Å². The molecule has 1 aliphatic heterocycles. The largest absolute Gasteiger partial charge is 0.353 e. The Labute approximate surface area is 116 Å². The molecule has 1 saturated heterocycles. The molecule has 0 radical (unpaired) electrons. The van der Waals surface area contributed by atoms with Crippen molar-refractivity contribution < 1.29 is 14.4 Å².